The first-order valence-corrected chi connectivity index (χ1v) is 8.24. The minimum Gasteiger partial charge on any atom is -0.492 e. The summed E-state index contributed by atoms with van der Waals surface area (Å²) in [6.07, 6.45) is 0. The van der Waals surface area contributed by atoms with Gasteiger partial charge in [-0.3, -0.25) is 0 Å². The van der Waals surface area contributed by atoms with Crippen LogP contribution in [0, 0.1) is 17.2 Å². The number of nitrogens with one attached hydrogen (secondary N) is 1. The number of para-hydroxylation sites is 3. The van der Waals surface area contributed by atoms with Crippen molar-refractivity contribution < 1.29 is 38.2 Å². The molecule has 1 heterocycles. The molecule has 0 saturated carbocycles. The first kappa shape index (κ1) is 18.8. The van der Waals surface area contributed by atoms with E-state index < -0.39 is 10.2 Å². The summed E-state index contributed by atoms with van der Waals surface area (Å²) >= 11 is 0. The van der Waals surface area contributed by atoms with Crippen LogP contribution in [0.1, 0.15) is 5.82 Å². The highest BCUT2D eigenvalue weighted by Crippen LogP contribution is 2.19. The smallest absolute Gasteiger partial charge is 0.343 e. The predicted molar refractivity (Wildman–Crippen MR) is 77.4 cm³/mol. The number of rotatable bonds is 2. The molecule has 0 amide bonds. The molecule has 3 aromatic rings. The molecule has 0 atom stereocenters. The van der Waals surface area contributed by atoms with Crippen LogP contribution in [0.5, 0.6) is 5.75 Å². The summed E-state index contributed by atoms with van der Waals surface area (Å²) in [7, 11) is -3.30. The lowest BCUT2D eigenvalue weighted by Crippen LogP contribution is -2.68. The highest BCUT2D eigenvalue weighted by molar-refractivity contribution is 5.74. The Kier molecular flexibility index (Phi) is 5.73. The van der Waals surface area contributed by atoms with Gasteiger partial charge in [-0.15, -0.1) is 10.2 Å². The molecular weight excluding hydrogens is 352 g/mol. The van der Waals surface area contributed by atoms with Gasteiger partial charge in [0.25, 0.3) is 5.82 Å². The van der Waals surface area contributed by atoms with E-state index in [-0.39, 0.29) is 5.56 Å². The number of nitrogens with zero attached hydrogens (tertiary/aromatic N) is 1. The second-order valence-electron chi connectivity index (χ2n) is 4.94. The molecule has 0 spiro atoms. The minimum atomic E-state index is -4.94. The first-order chi connectivity index (χ1) is 11.7. The molecule has 25 heavy (non-hydrogen) atoms. The van der Waals surface area contributed by atoms with E-state index in [1.54, 1.807) is 7.11 Å². The van der Waals surface area contributed by atoms with Crippen LogP contribution in [0.15, 0.2) is 53.3 Å². The van der Waals surface area contributed by atoms with E-state index in [0.29, 0.717) is 5.39 Å². The Bertz CT molecular complexity index is 930. The third-order valence-corrected chi connectivity index (χ3v) is 3.35. The van der Waals surface area contributed by atoms with E-state index in [1.165, 1.54) is 0 Å². The highest BCUT2D eigenvalue weighted by Gasteiger charge is 2.18. The van der Waals surface area contributed by atoms with Crippen molar-refractivity contribution in [2.45, 2.75) is 6.92 Å². The van der Waals surface area contributed by atoms with Crippen LogP contribution in [0.3, 0.4) is 0 Å². The number of fused-ring (bicyclic) bond motifs is 1. The van der Waals surface area contributed by atoms with Crippen LogP contribution in [0.2, 0.25) is 0 Å². The molecule has 1 aromatic heterocycles. The van der Waals surface area contributed by atoms with Gasteiger partial charge in [0.1, 0.15) is 10.9 Å². The monoisotopic (exact) mass is 366 g/mol. The van der Waals surface area contributed by atoms with Crippen molar-refractivity contribution in [2.24, 2.45) is 0 Å². The lowest BCUT2D eigenvalue weighted by molar-refractivity contribution is -2.00. The quantitative estimate of drug-likeness (QED) is 0.492. The number of hydrogen-bond donors (Lipinski definition) is 1. The molecule has 3 rings (SSSR count). The largest absolute Gasteiger partial charge is 0.492 e. The summed E-state index contributed by atoms with van der Waals surface area (Å²) in [5, 5.41) is 0.656. The predicted octanol–water partition coefficient (Wildman–Crippen LogP) is -2.63. The number of aryl methyl sites for hydroxylation is 1. The number of halogens is 1. The van der Waals surface area contributed by atoms with Gasteiger partial charge in [-0.1, -0.05) is 24.3 Å². The molecule has 0 aliphatic heterocycles. The van der Waals surface area contributed by atoms with Crippen LogP contribution < -0.4 is 33.5 Å². The van der Waals surface area contributed by atoms with Crippen molar-refractivity contribution in [3.63, 3.8) is 0 Å². The molecule has 0 saturated heterocycles. The van der Waals surface area contributed by atoms with E-state index in [9.17, 15) is 4.79 Å². The third kappa shape index (κ3) is 4.75. The number of H-pyrrole nitrogens is 1. The van der Waals surface area contributed by atoms with Crippen LogP contribution in [-0.4, -0.2) is 12.1 Å². The van der Waals surface area contributed by atoms with Crippen molar-refractivity contribution in [2.75, 3.05) is 7.11 Å². The first-order valence-electron chi connectivity index (χ1n) is 7.01. The molecule has 0 fully saturated rings. The van der Waals surface area contributed by atoms with E-state index in [0.717, 1.165) is 22.8 Å². The Balaban J connectivity index is 0.000000399. The van der Waals surface area contributed by atoms with Crippen molar-refractivity contribution in [3.8, 4) is 11.4 Å². The van der Waals surface area contributed by atoms with Crippen molar-refractivity contribution in [3.05, 3.63) is 64.7 Å². The van der Waals surface area contributed by atoms with Crippen LogP contribution in [0.25, 0.3) is 16.6 Å². The number of aromatic amines is 1. The maximum atomic E-state index is 12.0. The van der Waals surface area contributed by atoms with Gasteiger partial charge in [0.05, 0.1) is 7.11 Å². The molecule has 2 aromatic carbocycles. The van der Waals surface area contributed by atoms with E-state index in [2.05, 4.69) is 4.98 Å². The van der Waals surface area contributed by atoms with Crippen LogP contribution in [0.4, 0.5) is 0 Å². The fourth-order valence-electron chi connectivity index (χ4n) is 2.45. The minimum absolute atomic E-state index is 0.0794. The zero-order valence-electron chi connectivity index (χ0n) is 13.4. The Morgan fingerprint density at radius 3 is 2.20 bits per heavy atom. The number of hydrogen-bond acceptors (Lipinski definition) is 6. The van der Waals surface area contributed by atoms with Gasteiger partial charge in [0.15, 0.2) is 11.4 Å². The Labute approximate surface area is 144 Å². The fraction of sp³-hybridized carbons (Fsp3) is 0.125. The zero-order chi connectivity index (χ0) is 18.6. The number of aromatic nitrogens is 2. The maximum absolute atomic E-state index is 12.0. The molecule has 0 aliphatic carbocycles. The Hall–Kier alpha value is -2.49. The molecule has 0 bridgehead atoms. The van der Waals surface area contributed by atoms with Crippen molar-refractivity contribution in [1.29, 1.82) is 0 Å². The van der Waals surface area contributed by atoms with E-state index >= 15 is 0 Å². The third-order valence-electron chi connectivity index (χ3n) is 3.35. The van der Waals surface area contributed by atoms with Gasteiger partial charge in [0.2, 0.25) is 0 Å². The summed E-state index contributed by atoms with van der Waals surface area (Å²) in [4.78, 5) is 14.9. The Morgan fingerprint density at radius 2 is 1.56 bits per heavy atom. The van der Waals surface area contributed by atoms with Crippen molar-refractivity contribution >= 4 is 10.9 Å². The topological polar surface area (TPSA) is 138 Å². The highest BCUT2D eigenvalue weighted by atomic mass is 35.7. The maximum Gasteiger partial charge on any atom is 0.343 e. The molecule has 0 unspecified atom stereocenters. The molecule has 1 N–H and O–H groups in total. The molecule has 132 valence electrons. The summed E-state index contributed by atoms with van der Waals surface area (Å²) in [6.45, 7) is 1.88. The zero-order valence-corrected chi connectivity index (χ0v) is 14.1. The van der Waals surface area contributed by atoms with Crippen molar-refractivity contribution in [1.82, 2.24) is 4.98 Å². The molecule has 8 nitrogen and oxygen atoms in total. The second kappa shape index (κ2) is 7.60. The lowest BCUT2D eigenvalue weighted by atomic mass is 10.2. The standard InChI is InChI=1S/C16H14N2O2.ClHO4/c1-11-17-16(19)12-7-3-4-8-13(12)18(11)14-9-5-6-10-15(14)20-2;2-1(3,4)5/h3-10H,1-2H3;(H,2,3,4,5). The van der Waals surface area contributed by atoms with Gasteiger partial charge in [-0.25, -0.2) is 28.4 Å². The van der Waals surface area contributed by atoms with Crippen LogP contribution >= 0.6 is 0 Å². The lowest BCUT2D eigenvalue weighted by Gasteiger charge is -2.17. The van der Waals surface area contributed by atoms with Gasteiger partial charge < -0.3 is 4.74 Å². The van der Waals surface area contributed by atoms with Crippen LogP contribution in [-0.2, 0) is 0 Å². The normalized spacial score (nSPS) is 11.0. The number of ether oxygens (including phenoxy) is 1. The van der Waals surface area contributed by atoms with Gasteiger partial charge in [0, 0.05) is 6.92 Å². The van der Waals surface area contributed by atoms with E-state index in [4.69, 9.17) is 23.4 Å². The number of benzene rings is 2. The summed E-state index contributed by atoms with van der Waals surface area (Å²) in [6, 6.07) is 15.3. The SMILES string of the molecule is COc1ccccc1-[n+]1c(C)[nH]c(=O)c2ccccc21.[O-][Cl+3]([O-])([O-])[O-]. The summed E-state index contributed by atoms with van der Waals surface area (Å²) in [5.74, 6) is 1.52. The Morgan fingerprint density at radius 1 is 1.00 bits per heavy atom. The summed E-state index contributed by atoms with van der Waals surface area (Å²) in [5.41, 5.74) is 1.68. The average molecular weight is 367 g/mol. The second-order valence-corrected chi connectivity index (χ2v) is 5.70. The molecular formula is C16H15ClN2O6. The van der Waals surface area contributed by atoms with Gasteiger partial charge >= 0.3 is 5.56 Å². The summed E-state index contributed by atoms with van der Waals surface area (Å²) < 4.78 is 41.4. The average Bonchev–Trinajstić information content (AvgIpc) is 2.54. The van der Waals surface area contributed by atoms with E-state index in [1.807, 2.05) is 60.0 Å². The van der Waals surface area contributed by atoms with Gasteiger partial charge in [-0.2, -0.15) is 4.57 Å². The molecule has 9 heteroatoms. The molecule has 0 aliphatic rings. The molecule has 0 radical (unpaired) electrons. The van der Waals surface area contributed by atoms with Gasteiger partial charge in [-0.05, 0) is 24.3 Å². The number of methoxy groups -OCH3 is 1. The fourth-order valence-corrected chi connectivity index (χ4v) is 2.45.